The number of benzene rings is 2. The Labute approximate surface area is 219 Å². The van der Waals surface area contributed by atoms with Crippen LogP contribution < -0.4 is 10.1 Å². The van der Waals surface area contributed by atoms with Crippen molar-refractivity contribution in [1.29, 1.82) is 0 Å². The van der Waals surface area contributed by atoms with Crippen molar-refractivity contribution in [2.24, 2.45) is 0 Å². The van der Waals surface area contributed by atoms with Crippen LogP contribution in [0.1, 0.15) is 71.4 Å². The number of carboxylic acids is 1. The molecule has 2 atom stereocenters. The van der Waals surface area contributed by atoms with Crippen LogP contribution in [0.25, 0.3) is 0 Å². The van der Waals surface area contributed by atoms with Crippen molar-refractivity contribution in [3.8, 4) is 5.75 Å². The Balaban J connectivity index is 0.000000505. The molecule has 2 heterocycles. The van der Waals surface area contributed by atoms with Gasteiger partial charge in [0.05, 0.1) is 23.7 Å². The van der Waals surface area contributed by atoms with E-state index in [9.17, 15) is 22.8 Å². The zero-order valence-corrected chi connectivity index (χ0v) is 21.4. The Morgan fingerprint density at radius 1 is 1.13 bits per heavy atom. The molecule has 2 aromatic carbocycles. The molecule has 0 bridgehead atoms. The summed E-state index contributed by atoms with van der Waals surface area (Å²) in [4.78, 5) is 34.7. The van der Waals surface area contributed by atoms with Crippen LogP contribution in [0.2, 0.25) is 0 Å². The molecule has 0 saturated carbocycles. The number of carbonyl (C=O) groups excluding carboxylic acids is 2. The number of morpholine rings is 1. The number of ether oxygens (including phenoxy) is 2. The summed E-state index contributed by atoms with van der Waals surface area (Å²) in [5.74, 6) is -2.05. The molecule has 0 aromatic heterocycles. The molecule has 0 amide bonds. The predicted molar refractivity (Wildman–Crippen MR) is 134 cm³/mol. The molecule has 1 saturated heterocycles. The molecule has 1 unspecified atom stereocenters. The number of carbonyl (C=O) groups is 3. The van der Waals surface area contributed by atoms with Crippen LogP contribution in [0, 0.1) is 0 Å². The van der Waals surface area contributed by atoms with Gasteiger partial charge in [-0.05, 0) is 37.5 Å². The fraction of sp³-hybridized carbons (Fsp3) is 0.464. The molecule has 2 aliphatic rings. The number of aliphatic carboxylic acids is 1. The van der Waals surface area contributed by atoms with Gasteiger partial charge in [-0.1, -0.05) is 37.3 Å². The van der Waals surface area contributed by atoms with Gasteiger partial charge in [-0.2, -0.15) is 13.2 Å². The number of alkyl halides is 3. The molecule has 2 aromatic rings. The topological polar surface area (TPSA) is 102 Å². The van der Waals surface area contributed by atoms with E-state index >= 15 is 0 Å². The quantitative estimate of drug-likeness (QED) is 0.461. The van der Waals surface area contributed by atoms with E-state index in [1.54, 1.807) is 6.07 Å². The Bertz CT molecular complexity index is 1150. The first kappa shape index (κ1) is 29.3. The second-order valence-corrected chi connectivity index (χ2v) is 9.48. The zero-order chi connectivity index (χ0) is 27.9. The van der Waals surface area contributed by atoms with Gasteiger partial charge in [-0.3, -0.25) is 9.59 Å². The Hall–Kier alpha value is -3.24. The van der Waals surface area contributed by atoms with Crippen LogP contribution >= 0.6 is 0 Å². The third kappa shape index (κ3) is 6.99. The minimum absolute atomic E-state index is 0.00453. The van der Waals surface area contributed by atoms with Crippen molar-refractivity contribution >= 4 is 17.5 Å². The van der Waals surface area contributed by atoms with Gasteiger partial charge in [0.1, 0.15) is 12.4 Å². The van der Waals surface area contributed by atoms with Crippen molar-refractivity contribution in [3.63, 3.8) is 0 Å². The van der Waals surface area contributed by atoms with Crippen molar-refractivity contribution < 1.29 is 42.1 Å². The highest BCUT2D eigenvalue weighted by Crippen LogP contribution is 2.46. The van der Waals surface area contributed by atoms with Crippen molar-refractivity contribution in [2.75, 3.05) is 26.3 Å². The lowest BCUT2D eigenvalue weighted by molar-refractivity contribution is -0.192. The summed E-state index contributed by atoms with van der Waals surface area (Å²) in [6.07, 6.45) is -2.46. The summed E-state index contributed by atoms with van der Waals surface area (Å²) < 4.78 is 43.5. The number of Topliss-reactive ketones (excluding diaryl/α,β-unsaturated/α-hetero) is 2. The summed E-state index contributed by atoms with van der Waals surface area (Å²) in [5.41, 5.74) is 2.79. The van der Waals surface area contributed by atoms with Gasteiger partial charge >= 0.3 is 12.1 Å². The maximum absolute atomic E-state index is 13.1. The largest absolute Gasteiger partial charge is 0.491 e. The Morgan fingerprint density at radius 3 is 2.39 bits per heavy atom. The van der Waals surface area contributed by atoms with Crippen molar-refractivity contribution in [2.45, 2.75) is 57.2 Å². The van der Waals surface area contributed by atoms with Crippen LogP contribution in [0.3, 0.4) is 0 Å². The van der Waals surface area contributed by atoms with E-state index in [1.165, 1.54) is 0 Å². The van der Waals surface area contributed by atoms with Crippen molar-refractivity contribution in [1.82, 2.24) is 5.32 Å². The number of hydrogen-bond donors (Lipinski definition) is 2. The monoisotopic (exact) mass is 535 g/mol. The van der Waals surface area contributed by atoms with E-state index in [0.717, 1.165) is 43.7 Å². The molecule has 206 valence electrons. The summed E-state index contributed by atoms with van der Waals surface area (Å²) in [6, 6.07) is 13.8. The normalized spacial score (nSPS) is 20.5. The average Bonchev–Trinajstić information content (AvgIpc) is 3.26. The highest BCUT2D eigenvalue weighted by molar-refractivity contribution is 6.04. The number of rotatable bonds is 8. The Kier molecular flexibility index (Phi) is 9.67. The second-order valence-electron chi connectivity index (χ2n) is 9.48. The number of hydrogen-bond acceptors (Lipinski definition) is 6. The lowest BCUT2D eigenvalue weighted by atomic mass is 9.76. The Morgan fingerprint density at radius 2 is 1.82 bits per heavy atom. The number of halogens is 3. The number of nitrogens with one attached hydrogen (secondary N) is 1. The van der Waals surface area contributed by atoms with Gasteiger partial charge in [0, 0.05) is 37.1 Å². The van der Waals surface area contributed by atoms with Gasteiger partial charge < -0.3 is 19.9 Å². The van der Waals surface area contributed by atoms with Crippen LogP contribution in [0.5, 0.6) is 5.75 Å². The molecule has 0 spiro atoms. The van der Waals surface area contributed by atoms with E-state index in [0.29, 0.717) is 36.3 Å². The molecular formula is C28H32F3NO6. The molecule has 10 heteroatoms. The van der Waals surface area contributed by atoms with Crippen LogP contribution in [0.15, 0.2) is 42.5 Å². The van der Waals surface area contributed by atoms with E-state index in [2.05, 4.69) is 24.4 Å². The van der Waals surface area contributed by atoms with E-state index < -0.39 is 17.6 Å². The van der Waals surface area contributed by atoms with Gasteiger partial charge in [-0.15, -0.1) is 0 Å². The highest BCUT2D eigenvalue weighted by Gasteiger charge is 2.41. The third-order valence-electron chi connectivity index (χ3n) is 6.72. The maximum atomic E-state index is 13.1. The molecule has 1 fully saturated rings. The molecule has 2 aliphatic heterocycles. The van der Waals surface area contributed by atoms with E-state index in [4.69, 9.17) is 19.4 Å². The third-order valence-corrected chi connectivity index (χ3v) is 6.72. The molecule has 0 radical (unpaired) electrons. The second kappa shape index (κ2) is 12.5. The first-order valence-corrected chi connectivity index (χ1v) is 12.5. The molecule has 2 N–H and O–H groups in total. The molecule has 7 nitrogen and oxygen atoms in total. The average molecular weight is 536 g/mol. The maximum Gasteiger partial charge on any atom is 0.490 e. The van der Waals surface area contributed by atoms with Crippen LogP contribution in [-0.4, -0.2) is 61.2 Å². The minimum atomic E-state index is -5.08. The fourth-order valence-corrected chi connectivity index (χ4v) is 4.53. The number of carboxylic acid groups (broad SMARTS) is 1. The van der Waals surface area contributed by atoms with Gasteiger partial charge in [0.15, 0.2) is 11.6 Å². The van der Waals surface area contributed by atoms with Crippen LogP contribution in [-0.2, 0) is 14.9 Å². The number of fused-ring (bicyclic) bond motifs is 1. The molecular weight excluding hydrogens is 503 g/mol. The summed E-state index contributed by atoms with van der Waals surface area (Å²) in [5, 5.41) is 10.4. The summed E-state index contributed by atoms with van der Waals surface area (Å²) >= 11 is 0. The zero-order valence-electron chi connectivity index (χ0n) is 21.4. The lowest BCUT2D eigenvalue weighted by Gasteiger charge is -2.24. The van der Waals surface area contributed by atoms with Gasteiger partial charge in [-0.25, -0.2) is 4.79 Å². The minimum Gasteiger partial charge on any atom is -0.491 e. The van der Waals surface area contributed by atoms with Gasteiger partial charge in [0.2, 0.25) is 0 Å². The van der Waals surface area contributed by atoms with Crippen LogP contribution in [0.4, 0.5) is 13.2 Å². The van der Waals surface area contributed by atoms with E-state index in [1.807, 2.05) is 31.2 Å². The predicted octanol–water partition coefficient (Wildman–Crippen LogP) is 4.95. The summed E-state index contributed by atoms with van der Waals surface area (Å²) in [6.45, 7) is 6.88. The smallest absolute Gasteiger partial charge is 0.490 e. The summed E-state index contributed by atoms with van der Waals surface area (Å²) in [7, 11) is 0. The standard InChI is InChI=1S/C26H31NO4.C2HF3O2/c1-3-23(28)21-14-18(24(29)11-7-10-20-16-27-12-13-30-20)15-22-25(21)31-17-26(22,2)19-8-5-4-6-9-19;3-2(4,5)1(6)7/h4-6,8-9,14-15,20,27H,3,7,10-13,16-17H2,1-2H3;(H,6,7)/t20-,26?;/m1./s1. The molecule has 38 heavy (non-hydrogen) atoms. The SMILES string of the molecule is CCC(=O)c1cc(C(=O)CCC[C@@H]2CNCCO2)cc2c1OCC2(C)c1ccccc1.O=C(O)C(F)(F)F. The molecule has 4 rings (SSSR count). The lowest BCUT2D eigenvalue weighted by Crippen LogP contribution is -2.38. The first-order valence-electron chi connectivity index (χ1n) is 12.5. The molecule has 0 aliphatic carbocycles. The first-order chi connectivity index (χ1) is 18.0. The number of ketones is 2. The van der Waals surface area contributed by atoms with E-state index in [-0.39, 0.29) is 17.7 Å². The van der Waals surface area contributed by atoms with Gasteiger partial charge in [0.25, 0.3) is 0 Å². The highest BCUT2D eigenvalue weighted by atomic mass is 19.4. The van der Waals surface area contributed by atoms with Crippen molar-refractivity contribution in [3.05, 3.63) is 64.7 Å². The fourth-order valence-electron chi connectivity index (χ4n) is 4.53.